The summed E-state index contributed by atoms with van der Waals surface area (Å²) >= 11 is 0. The summed E-state index contributed by atoms with van der Waals surface area (Å²) in [4.78, 5) is 11.1. The van der Waals surface area contributed by atoms with E-state index >= 15 is 0 Å². The lowest BCUT2D eigenvalue weighted by atomic mass is 10.1. The highest BCUT2D eigenvalue weighted by Gasteiger charge is 2.25. The van der Waals surface area contributed by atoms with E-state index in [0.29, 0.717) is 12.0 Å². The zero-order chi connectivity index (χ0) is 14.8. The molecule has 0 aliphatic rings. The number of carbonyl (C=O) groups excluding carboxylic acids is 1. The first kappa shape index (κ1) is 15.6. The SMILES string of the molecule is CCc1cc(F)c(S(=O)(=O)N(C)C)cc1C(=O)OC. The topological polar surface area (TPSA) is 63.7 Å². The van der Waals surface area contributed by atoms with Crippen LogP contribution >= 0.6 is 0 Å². The van der Waals surface area contributed by atoms with Gasteiger partial charge in [-0.2, -0.15) is 0 Å². The molecule has 0 unspecified atom stereocenters. The molecule has 1 aromatic rings. The van der Waals surface area contributed by atoms with Crippen molar-refractivity contribution >= 4 is 16.0 Å². The van der Waals surface area contributed by atoms with Crippen LogP contribution in [0.2, 0.25) is 0 Å². The average Bonchev–Trinajstić information content (AvgIpc) is 2.36. The van der Waals surface area contributed by atoms with E-state index in [0.717, 1.165) is 16.4 Å². The van der Waals surface area contributed by atoms with Crippen LogP contribution in [0.15, 0.2) is 17.0 Å². The van der Waals surface area contributed by atoms with Crippen molar-refractivity contribution in [1.82, 2.24) is 4.31 Å². The van der Waals surface area contributed by atoms with Crippen LogP contribution in [0, 0.1) is 5.82 Å². The number of benzene rings is 1. The van der Waals surface area contributed by atoms with Gasteiger partial charge in [-0.05, 0) is 24.1 Å². The molecule has 19 heavy (non-hydrogen) atoms. The van der Waals surface area contributed by atoms with Crippen LogP contribution in [-0.2, 0) is 21.2 Å². The van der Waals surface area contributed by atoms with Gasteiger partial charge in [0.2, 0.25) is 10.0 Å². The third kappa shape index (κ3) is 2.93. The minimum absolute atomic E-state index is 0.0619. The predicted octanol–water partition coefficient (Wildman–Crippen LogP) is 1.43. The van der Waals surface area contributed by atoms with E-state index in [1.54, 1.807) is 6.92 Å². The van der Waals surface area contributed by atoms with Crippen molar-refractivity contribution < 1.29 is 22.3 Å². The molecule has 5 nitrogen and oxygen atoms in total. The molecule has 1 aromatic carbocycles. The Bertz CT molecular complexity index is 596. The largest absolute Gasteiger partial charge is 0.465 e. The minimum atomic E-state index is -3.95. The molecule has 0 spiro atoms. The normalized spacial score (nSPS) is 11.7. The van der Waals surface area contributed by atoms with Crippen molar-refractivity contribution in [3.8, 4) is 0 Å². The molecule has 0 heterocycles. The quantitative estimate of drug-likeness (QED) is 0.787. The lowest BCUT2D eigenvalue weighted by Gasteiger charge is -2.14. The van der Waals surface area contributed by atoms with Crippen LogP contribution in [0.3, 0.4) is 0 Å². The molecule has 0 saturated carbocycles. The number of sulfonamides is 1. The Morgan fingerprint density at radius 3 is 2.37 bits per heavy atom. The number of hydrogen-bond acceptors (Lipinski definition) is 4. The first-order valence-electron chi connectivity index (χ1n) is 5.59. The average molecular weight is 289 g/mol. The molecular formula is C12H16FNO4S. The second kappa shape index (κ2) is 5.66. The van der Waals surface area contributed by atoms with Gasteiger partial charge in [-0.3, -0.25) is 0 Å². The number of ether oxygens (including phenoxy) is 1. The van der Waals surface area contributed by atoms with Crippen LogP contribution in [0.1, 0.15) is 22.8 Å². The van der Waals surface area contributed by atoms with Gasteiger partial charge in [0.15, 0.2) is 0 Å². The highest BCUT2D eigenvalue weighted by molar-refractivity contribution is 7.89. The van der Waals surface area contributed by atoms with Gasteiger partial charge in [-0.15, -0.1) is 0 Å². The predicted molar refractivity (Wildman–Crippen MR) is 68.0 cm³/mol. The first-order valence-corrected chi connectivity index (χ1v) is 7.03. The number of nitrogens with zero attached hydrogens (tertiary/aromatic N) is 1. The molecule has 0 bridgehead atoms. The molecule has 0 N–H and O–H groups in total. The second-order valence-electron chi connectivity index (χ2n) is 4.07. The van der Waals surface area contributed by atoms with Gasteiger partial charge in [0, 0.05) is 14.1 Å². The fourth-order valence-electron chi connectivity index (χ4n) is 1.58. The van der Waals surface area contributed by atoms with E-state index in [-0.39, 0.29) is 5.56 Å². The third-order valence-corrected chi connectivity index (χ3v) is 4.53. The third-order valence-electron chi connectivity index (χ3n) is 2.70. The highest BCUT2D eigenvalue weighted by Crippen LogP contribution is 2.23. The molecule has 1 rings (SSSR count). The standard InChI is InChI=1S/C12H16FNO4S/c1-5-8-6-10(13)11(19(16,17)14(2)3)7-9(8)12(15)18-4/h6-7H,5H2,1-4H3. The summed E-state index contributed by atoms with van der Waals surface area (Å²) in [7, 11) is -0.176. The maximum absolute atomic E-state index is 13.9. The van der Waals surface area contributed by atoms with Crippen molar-refractivity contribution in [2.24, 2.45) is 0 Å². The lowest BCUT2D eigenvalue weighted by molar-refractivity contribution is 0.0599. The smallest absolute Gasteiger partial charge is 0.338 e. The fraction of sp³-hybridized carbons (Fsp3) is 0.417. The number of aryl methyl sites for hydroxylation is 1. The molecule has 106 valence electrons. The molecule has 0 radical (unpaired) electrons. The van der Waals surface area contributed by atoms with Crippen molar-refractivity contribution in [3.63, 3.8) is 0 Å². The maximum Gasteiger partial charge on any atom is 0.338 e. The lowest BCUT2D eigenvalue weighted by Crippen LogP contribution is -2.24. The summed E-state index contributed by atoms with van der Waals surface area (Å²) in [5.41, 5.74) is 0.467. The van der Waals surface area contributed by atoms with E-state index in [9.17, 15) is 17.6 Å². The number of rotatable bonds is 4. The Morgan fingerprint density at radius 2 is 1.95 bits per heavy atom. The summed E-state index contributed by atoms with van der Waals surface area (Å²) < 4.78 is 43.2. The Hall–Kier alpha value is -1.47. The zero-order valence-corrected chi connectivity index (χ0v) is 12.0. The van der Waals surface area contributed by atoms with Gasteiger partial charge in [0.1, 0.15) is 10.7 Å². The monoisotopic (exact) mass is 289 g/mol. The maximum atomic E-state index is 13.9. The molecule has 0 aliphatic carbocycles. The van der Waals surface area contributed by atoms with Crippen LogP contribution in [0.25, 0.3) is 0 Å². The number of halogens is 1. The minimum Gasteiger partial charge on any atom is -0.465 e. The molecule has 7 heteroatoms. The molecule has 0 fully saturated rings. The Labute approximate surface area is 112 Å². The van der Waals surface area contributed by atoms with Gasteiger partial charge >= 0.3 is 5.97 Å². The number of esters is 1. The van der Waals surface area contributed by atoms with Crippen LogP contribution in [0.5, 0.6) is 0 Å². The van der Waals surface area contributed by atoms with Gasteiger partial charge in [0.25, 0.3) is 0 Å². The number of carbonyl (C=O) groups is 1. The van der Waals surface area contributed by atoms with E-state index < -0.39 is 26.7 Å². The Kier molecular flexibility index (Phi) is 4.65. The van der Waals surface area contributed by atoms with Crippen LogP contribution in [-0.4, -0.2) is 39.9 Å². The van der Waals surface area contributed by atoms with Crippen molar-refractivity contribution in [2.45, 2.75) is 18.2 Å². The summed E-state index contributed by atoms with van der Waals surface area (Å²) in [5.74, 6) is -1.56. The van der Waals surface area contributed by atoms with E-state index in [1.165, 1.54) is 21.2 Å². The fourth-order valence-corrected chi connectivity index (χ4v) is 2.55. The summed E-state index contributed by atoms with van der Waals surface area (Å²) in [6.45, 7) is 1.74. The first-order chi connectivity index (χ1) is 8.75. The zero-order valence-electron chi connectivity index (χ0n) is 11.2. The van der Waals surface area contributed by atoms with E-state index in [2.05, 4.69) is 4.74 Å². The van der Waals surface area contributed by atoms with Crippen molar-refractivity contribution in [1.29, 1.82) is 0 Å². The number of hydrogen-bond donors (Lipinski definition) is 0. The Morgan fingerprint density at radius 1 is 1.37 bits per heavy atom. The molecule has 0 saturated heterocycles. The molecule has 0 amide bonds. The molecule has 0 aliphatic heterocycles. The summed E-state index contributed by atoms with van der Waals surface area (Å²) in [5, 5.41) is 0. The van der Waals surface area contributed by atoms with E-state index in [4.69, 9.17) is 0 Å². The summed E-state index contributed by atoms with van der Waals surface area (Å²) in [6, 6.07) is 2.08. The highest BCUT2D eigenvalue weighted by atomic mass is 32.2. The van der Waals surface area contributed by atoms with Crippen LogP contribution < -0.4 is 0 Å². The second-order valence-corrected chi connectivity index (χ2v) is 6.19. The van der Waals surface area contributed by atoms with E-state index in [1.807, 2.05) is 0 Å². The van der Waals surface area contributed by atoms with Crippen molar-refractivity contribution in [2.75, 3.05) is 21.2 Å². The van der Waals surface area contributed by atoms with Gasteiger partial charge in [-0.1, -0.05) is 6.92 Å². The van der Waals surface area contributed by atoms with Crippen molar-refractivity contribution in [3.05, 3.63) is 29.1 Å². The molecule has 0 atom stereocenters. The molecular weight excluding hydrogens is 273 g/mol. The number of methoxy groups -OCH3 is 1. The summed E-state index contributed by atoms with van der Waals surface area (Å²) in [6.07, 6.45) is 0.393. The van der Waals surface area contributed by atoms with Gasteiger partial charge in [-0.25, -0.2) is 21.9 Å². The van der Waals surface area contributed by atoms with Gasteiger partial charge in [0.05, 0.1) is 12.7 Å². The van der Waals surface area contributed by atoms with Gasteiger partial charge < -0.3 is 4.74 Å². The molecule has 0 aromatic heterocycles. The Balaban J connectivity index is 3.57. The van der Waals surface area contributed by atoms with Crippen LogP contribution in [0.4, 0.5) is 4.39 Å².